The first-order chi connectivity index (χ1) is 8.11. The molecule has 5 nitrogen and oxygen atoms in total. The molecule has 2 rings (SSSR count). The predicted octanol–water partition coefficient (Wildman–Crippen LogP) is 1.87. The molecule has 1 unspecified atom stereocenters. The third-order valence-corrected chi connectivity index (χ3v) is 4.11. The van der Waals surface area contributed by atoms with Crippen LogP contribution in [-0.4, -0.2) is 31.4 Å². The highest BCUT2D eigenvalue weighted by atomic mass is 32.2. The van der Waals surface area contributed by atoms with Gasteiger partial charge in [0.2, 0.25) is 0 Å². The number of nitrogens with one attached hydrogen (secondary N) is 1. The number of hydrogen-bond acceptors (Lipinski definition) is 5. The summed E-state index contributed by atoms with van der Waals surface area (Å²) in [6.07, 6.45) is 4.53. The topological polar surface area (TPSA) is 80.5 Å². The van der Waals surface area contributed by atoms with E-state index in [4.69, 9.17) is 5.73 Å². The molecule has 6 heteroatoms. The summed E-state index contributed by atoms with van der Waals surface area (Å²) in [5.41, 5.74) is 7.24. The Bertz CT molecular complexity index is 508. The van der Waals surface area contributed by atoms with Gasteiger partial charge in [0.15, 0.2) is 11.5 Å². The van der Waals surface area contributed by atoms with Crippen molar-refractivity contribution in [2.75, 3.05) is 12.0 Å². The van der Waals surface area contributed by atoms with Crippen LogP contribution in [0.25, 0.3) is 11.2 Å². The molecule has 0 bridgehead atoms. The molecule has 0 amide bonds. The number of nitrogens with zero attached hydrogens (tertiary/aromatic N) is 3. The average Bonchev–Trinajstić information content (AvgIpc) is 2.74. The van der Waals surface area contributed by atoms with Crippen molar-refractivity contribution in [3.63, 3.8) is 0 Å². The second kappa shape index (κ2) is 4.91. The Morgan fingerprint density at radius 3 is 2.82 bits per heavy atom. The molecule has 0 saturated heterocycles. The number of thioether (sulfide) groups is 1. The zero-order valence-corrected chi connectivity index (χ0v) is 11.1. The van der Waals surface area contributed by atoms with Gasteiger partial charge >= 0.3 is 0 Å². The lowest BCUT2D eigenvalue weighted by atomic mass is 10.1. The molecule has 3 N–H and O–H groups in total. The van der Waals surface area contributed by atoms with Crippen LogP contribution in [0.5, 0.6) is 0 Å². The van der Waals surface area contributed by atoms with Gasteiger partial charge in [0.25, 0.3) is 0 Å². The maximum atomic E-state index is 5.87. The van der Waals surface area contributed by atoms with E-state index in [1.54, 1.807) is 6.33 Å². The monoisotopic (exact) mass is 251 g/mol. The van der Waals surface area contributed by atoms with Crippen molar-refractivity contribution in [2.24, 2.45) is 5.92 Å². The third-order valence-electron chi connectivity index (χ3n) is 2.79. The first-order valence-electron chi connectivity index (χ1n) is 5.60. The molecule has 2 aromatic heterocycles. The second-order valence-corrected chi connectivity index (χ2v) is 5.43. The molecule has 0 fully saturated rings. The van der Waals surface area contributed by atoms with Gasteiger partial charge in [0, 0.05) is 11.7 Å². The molecular formula is C11H17N5S. The molecule has 0 radical (unpaired) electrons. The molecule has 1 atom stereocenters. The summed E-state index contributed by atoms with van der Waals surface area (Å²) in [5, 5.41) is 0.505. The molecule has 92 valence electrons. The molecule has 0 aliphatic rings. The van der Waals surface area contributed by atoms with Crippen LogP contribution in [-0.2, 0) is 6.42 Å². The van der Waals surface area contributed by atoms with E-state index < -0.39 is 0 Å². The number of rotatable bonds is 4. The lowest BCUT2D eigenvalue weighted by Crippen LogP contribution is -2.16. The van der Waals surface area contributed by atoms with E-state index in [0.717, 1.165) is 17.8 Å². The van der Waals surface area contributed by atoms with E-state index in [2.05, 4.69) is 40.0 Å². The van der Waals surface area contributed by atoms with Crippen LogP contribution < -0.4 is 5.73 Å². The highest BCUT2D eigenvalue weighted by Crippen LogP contribution is 2.21. The Balaban J connectivity index is 2.29. The molecule has 0 saturated carbocycles. The van der Waals surface area contributed by atoms with Gasteiger partial charge in [-0.05, 0) is 12.2 Å². The van der Waals surface area contributed by atoms with Crippen LogP contribution in [0, 0.1) is 5.92 Å². The van der Waals surface area contributed by atoms with Gasteiger partial charge in [0.1, 0.15) is 11.3 Å². The summed E-state index contributed by atoms with van der Waals surface area (Å²) >= 11 is 1.84. The first-order valence-corrected chi connectivity index (χ1v) is 6.89. The van der Waals surface area contributed by atoms with Gasteiger partial charge in [-0.15, -0.1) is 0 Å². The maximum absolute atomic E-state index is 5.87. The van der Waals surface area contributed by atoms with Crippen molar-refractivity contribution in [3.8, 4) is 0 Å². The van der Waals surface area contributed by atoms with E-state index in [1.165, 1.54) is 0 Å². The fourth-order valence-electron chi connectivity index (χ4n) is 1.76. The minimum Gasteiger partial charge on any atom is -0.382 e. The van der Waals surface area contributed by atoms with Crippen LogP contribution in [0.15, 0.2) is 6.33 Å². The third kappa shape index (κ3) is 2.52. The molecule has 0 aromatic carbocycles. The average molecular weight is 251 g/mol. The zero-order chi connectivity index (χ0) is 12.4. The Labute approximate surface area is 105 Å². The van der Waals surface area contributed by atoms with Crippen LogP contribution in [0.3, 0.4) is 0 Å². The summed E-state index contributed by atoms with van der Waals surface area (Å²) < 4.78 is 0. The number of imidazole rings is 1. The van der Waals surface area contributed by atoms with Crippen LogP contribution in [0.2, 0.25) is 0 Å². The molecule has 0 aliphatic heterocycles. The molecule has 2 aromatic rings. The van der Waals surface area contributed by atoms with Crippen molar-refractivity contribution in [1.29, 1.82) is 0 Å². The van der Waals surface area contributed by atoms with Gasteiger partial charge in [0.05, 0.1) is 6.33 Å². The predicted molar refractivity (Wildman–Crippen MR) is 71.9 cm³/mol. The van der Waals surface area contributed by atoms with E-state index in [1.807, 2.05) is 11.8 Å². The second-order valence-electron chi connectivity index (χ2n) is 4.35. The normalized spacial score (nSPS) is 13.4. The number of H-pyrrole nitrogens is 1. The Morgan fingerprint density at radius 2 is 2.18 bits per heavy atom. The number of nitrogen functional groups attached to an aromatic ring is 1. The highest BCUT2D eigenvalue weighted by Gasteiger charge is 2.16. The van der Waals surface area contributed by atoms with Crippen molar-refractivity contribution in [3.05, 3.63) is 12.2 Å². The quantitative estimate of drug-likeness (QED) is 0.867. The molecule has 2 heterocycles. The van der Waals surface area contributed by atoms with Crippen LogP contribution in [0.1, 0.15) is 19.7 Å². The molecular weight excluding hydrogens is 234 g/mol. The van der Waals surface area contributed by atoms with Gasteiger partial charge in [-0.3, -0.25) is 0 Å². The number of aromatic amines is 1. The maximum Gasteiger partial charge on any atom is 0.183 e. The van der Waals surface area contributed by atoms with E-state index in [-0.39, 0.29) is 0 Å². The summed E-state index contributed by atoms with van der Waals surface area (Å²) in [7, 11) is 0. The standard InChI is InChI=1S/C11H17N5S/c1-6(2)7(17-3)4-8-15-10(12)9-11(16-8)14-5-13-9/h5-7H,4H2,1-3H3,(H3,12,13,14,15,16). The van der Waals surface area contributed by atoms with Gasteiger partial charge in [-0.2, -0.15) is 11.8 Å². The number of anilines is 1. The van der Waals surface area contributed by atoms with Gasteiger partial charge in [-0.25, -0.2) is 15.0 Å². The molecule has 0 aliphatic carbocycles. The van der Waals surface area contributed by atoms with Crippen molar-refractivity contribution in [1.82, 2.24) is 19.9 Å². The van der Waals surface area contributed by atoms with E-state index in [9.17, 15) is 0 Å². The van der Waals surface area contributed by atoms with Crippen LogP contribution in [0.4, 0.5) is 5.82 Å². The highest BCUT2D eigenvalue weighted by molar-refractivity contribution is 7.99. The fourth-order valence-corrected chi connectivity index (χ4v) is 2.63. The number of aromatic nitrogens is 4. The Morgan fingerprint density at radius 1 is 1.41 bits per heavy atom. The lowest BCUT2D eigenvalue weighted by molar-refractivity contribution is 0.594. The number of hydrogen-bond donors (Lipinski definition) is 2. The van der Waals surface area contributed by atoms with E-state index >= 15 is 0 Å². The minimum atomic E-state index is 0.478. The largest absolute Gasteiger partial charge is 0.382 e. The van der Waals surface area contributed by atoms with Crippen molar-refractivity contribution < 1.29 is 0 Å². The smallest absolute Gasteiger partial charge is 0.183 e. The van der Waals surface area contributed by atoms with Crippen molar-refractivity contribution in [2.45, 2.75) is 25.5 Å². The summed E-state index contributed by atoms with van der Waals surface area (Å²) in [6.45, 7) is 4.41. The Kier molecular flexibility index (Phi) is 3.51. The summed E-state index contributed by atoms with van der Waals surface area (Å²) in [5.74, 6) is 1.84. The SMILES string of the molecule is CSC(Cc1nc(N)c2[nH]cnc2n1)C(C)C. The fraction of sp³-hybridized carbons (Fsp3) is 0.545. The van der Waals surface area contributed by atoms with Gasteiger partial charge in [-0.1, -0.05) is 13.8 Å². The number of nitrogens with two attached hydrogens (primary N) is 1. The first kappa shape index (κ1) is 12.2. The zero-order valence-electron chi connectivity index (χ0n) is 10.3. The number of fused-ring (bicyclic) bond motifs is 1. The van der Waals surface area contributed by atoms with Crippen molar-refractivity contribution >= 4 is 28.7 Å². The van der Waals surface area contributed by atoms with Crippen LogP contribution >= 0.6 is 11.8 Å². The summed E-state index contributed by atoms with van der Waals surface area (Å²) in [6, 6.07) is 0. The summed E-state index contributed by atoms with van der Waals surface area (Å²) in [4.78, 5) is 15.8. The Hall–Kier alpha value is -1.30. The molecule has 0 spiro atoms. The lowest BCUT2D eigenvalue weighted by Gasteiger charge is -2.17. The molecule has 17 heavy (non-hydrogen) atoms. The van der Waals surface area contributed by atoms with Gasteiger partial charge < -0.3 is 10.7 Å². The van der Waals surface area contributed by atoms with E-state index in [0.29, 0.717) is 22.6 Å². The minimum absolute atomic E-state index is 0.478.